The van der Waals surface area contributed by atoms with Crippen LogP contribution in [0, 0.1) is 0 Å². The van der Waals surface area contributed by atoms with E-state index in [9.17, 15) is 9.59 Å². The molecule has 0 saturated carbocycles. The van der Waals surface area contributed by atoms with Crippen molar-refractivity contribution < 1.29 is 14.3 Å². The zero-order valence-electron chi connectivity index (χ0n) is 14.3. The first-order valence-corrected chi connectivity index (χ1v) is 8.13. The fourth-order valence-electron chi connectivity index (χ4n) is 2.30. The summed E-state index contributed by atoms with van der Waals surface area (Å²) in [6.45, 7) is 5.77. The SMILES string of the molecule is CCC(C)c1ccc(OCC(=O)c2ccc(NC(C)=O)cc2)cc1. The number of ether oxygens (including phenoxy) is 1. The highest BCUT2D eigenvalue weighted by Crippen LogP contribution is 2.21. The molecule has 24 heavy (non-hydrogen) atoms. The number of carbonyl (C=O) groups is 2. The van der Waals surface area contributed by atoms with Crippen LogP contribution in [0.2, 0.25) is 0 Å². The maximum Gasteiger partial charge on any atom is 0.221 e. The average molecular weight is 325 g/mol. The van der Waals surface area contributed by atoms with Crippen LogP contribution < -0.4 is 10.1 Å². The number of Topliss-reactive ketones (excluding diaryl/α,β-unsaturated/α-hetero) is 1. The Labute approximate surface area is 142 Å². The number of rotatable bonds is 7. The van der Waals surface area contributed by atoms with E-state index in [0.29, 0.717) is 22.9 Å². The monoisotopic (exact) mass is 325 g/mol. The number of ketones is 1. The zero-order chi connectivity index (χ0) is 17.5. The fraction of sp³-hybridized carbons (Fsp3) is 0.300. The van der Waals surface area contributed by atoms with Gasteiger partial charge in [-0.25, -0.2) is 0 Å². The molecular weight excluding hydrogens is 302 g/mol. The fourth-order valence-corrected chi connectivity index (χ4v) is 2.30. The van der Waals surface area contributed by atoms with E-state index in [1.807, 2.05) is 24.3 Å². The molecule has 0 aliphatic carbocycles. The lowest BCUT2D eigenvalue weighted by molar-refractivity contribution is -0.114. The van der Waals surface area contributed by atoms with Gasteiger partial charge in [-0.05, 0) is 54.3 Å². The Balaban J connectivity index is 1.91. The average Bonchev–Trinajstić information content (AvgIpc) is 2.59. The van der Waals surface area contributed by atoms with Gasteiger partial charge in [0.1, 0.15) is 5.75 Å². The van der Waals surface area contributed by atoms with Crippen LogP contribution in [0.1, 0.15) is 49.0 Å². The minimum Gasteiger partial charge on any atom is -0.485 e. The smallest absolute Gasteiger partial charge is 0.221 e. The van der Waals surface area contributed by atoms with Crippen LogP contribution in [0.3, 0.4) is 0 Å². The second-order valence-corrected chi connectivity index (χ2v) is 5.85. The van der Waals surface area contributed by atoms with Crippen LogP contribution in [0.15, 0.2) is 48.5 Å². The van der Waals surface area contributed by atoms with Crippen LogP contribution >= 0.6 is 0 Å². The Hall–Kier alpha value is -2.62. The number of anilines is 1. The highest BCUT2D eigenvalue weighted by Gasteiger charge is 2.08. The van der Waals surface area contributed by atoms with Crippen LogP contribution in [0.5, 0.6) is 5.75 Å². The van der Waals surface area contributed by atoms with Crippen molar-refractivity contribution in [1.82, 2.24) is 0 Å². The van der Waals surface area contributed by atoms with Crippen molar-refractivity contribution in [2.24, 2.45) is 0 Å². The molecule has 4 heteroatoms. The number of nitrogens with one attached hydrogen (secondary N) is 1. The molecule has 1 unspecified atom stereocenters. The quantitative estimate of drug-likeness (QED) is 0.767. The van der Waals surface area contributed by atoms with E-state index in [2.05, 4.69) is 19.2 Å². The first-order chi connectivity index (χ1) is 11.5. The molecule has 2 rings (SSSR count). The van der Waals surface area contributed by atoms with Crippen molar-refractivity contribution >= 4 is 17.4 Å². The van der Waals surface area contributed by atoms with E-state index in [0.717, 1.165) is 6.42 Å². The van der Waals surface area contributed by atoms with Gasteiger partial charge >= 0.3 is 0 Å². The maximum absolute atomic E-state index is 12.2. The number of amides is 1. The minimum absolute atomic E-state index is 0.0117. The first kappa shape index (κ1) is 17.7. The molecule has 0 radical (unpaired) electrons. The van der Waals surface area contributed by atoms with Gasteiger partial charge in [-0.2, -0.15) is 0 Å². The van der Waals surface area contributed by atoms with E-state index < -0.39 is 0 Å². The molecule has 4 nitrogen and oxygen atoms in total. The van der Waals surface area contributed by atoms with Crippen molar-refractivity contribution in [3.63, 3.8) is 0 Å². The summed E-state index contributed by atoms with van der Waals surface area (Å²) in [5, 5.41) is 2.67. The molecule has 0 aromatic heterocycles. The Morgan fingerprint density at radius 2 is 1.67 bits per heavy atom. The number of hydrogen-bond donors (Lipinski definition) is 1. The number of carbonyl (C=O) groups excluding carboxylic acids is 2. The van der Waals surface area contributed by atoms with Crippen molar-refractivity contribution in [3.05, 3.63) is 59.7 Å². The van der Waals surface area contributed by atoms with Crippen molar-refractivity contribution in [3.8, 4) is 5.75 Å². The van der Waals surface area contributed by atoms with Gasteiger partial charge < -0.3 is 10.1 Å². The van der Waals surface area contributed by atoms with Crippen LogP contribution in [0.4, 0.5) is 5.69 Å². The van der Waals surface area contributed by atoms with Crippen LogP contribution in [-0.2, 0) is 4.79 Å². The number of hydrogen-bond acceptors (Lipinski definition) is 3. The topological polar surface area (TPSA) is 55.4 Å². The number of benzene rings is 2. The van der Waals surface area contributed by atoms with E-state index in [4.69, 9.17) is 4.74 Å². The Bertz CT molecular complexity index is 690. The van der Waals surface area contributed by atoms with Gasteiger partial charge in [0.05, 0.1) is 0 Å². The Kier molecular flexibility index (Phi) is 6.13. The predicted molar refractivity (Wildman–Crippen MR) is 95.7 cm³/mol. The molecule has 0 bridgehead atoms. The summed E-state index contributed by atoms with van der Waals surface area (Å²) in [6.07, 6.45) is 1.09. The summed E-state index contributed by atoms with van der Waals surface area (Å²) in [5.74, 6) is 0.960. The standard InChI is InChI=1S/C20H23NO3/c1-4-14(2)16-7-11-19(12-8-16)24-13-20(23)17-5-9-18(10-6-17)21-15(3)22/h5-12,14H,4,13H2,1-3H3,(H,21,22). The lowest BCUT2D eigenvalue weighted by atomic mass is 9.99. The molecule has 1 atom stereocenters. The van der Waals surface area contributed by atoms with Gasteiger partial charge in [-0.15, -0.1) is 0 Å². The second kappa shape index (κ2) is 8.29. The largest absolute Gasteiger partial charge is 0.485 e. The van der Waals surface area contributed by atoms with E-state index in [-0.39, 0.29) is 18.3 Å². The highest BCUT2D eigenvalue weighted by molar-refractivity contribution is 5.98. The summed E-state index contributed by atoms with van der Waals surface area (Å²) in [6, 6.07) is 14.6. The third kappa shape index (κ3) is 4.95. The molecule has 0 aliphatic heterocycles. The van der Waals surface area contributed by atoms with E-state index in [1.165, 1.54) is 12.5 Å². The molecule has 0 saturated heterocycles. The molecule has 1 amide bonds. The minimum atomic E-state index is -0.141. The van der Waals surface area contributed by atoms with Gasteiger partial charge in [-0.3, -0.25) is 9.59 Å². The summed E-state index contributed by atoms with van der Waals surface area (Å²) in [5.41, 5.74) is 2.49. The molecule has 0 aliphatic rings. The molecule has 2 aromatic rings. The highest BCUT2D eigenvalue weighted by atomic mass is 16.5. The third-order valence-electron chi connectivity index (χ3n) is 3.96. The van der Waals surface area contributed by atoms with Crippen molar-refractivity contribution in [2.45, 2.75) is 33.1 Å². The summed E-state index contributed by atoms with van der Waals surface area (Å²) in [7, 11) is 0. The first-order valence-electron chi connectivity index (χ1n) is 8.13. The zero-order valence-corrected chi connectivity index (χ0v) is 14.3. The van der Waals surface area contributed by atoms with Crippen molar-refractivity contribution in [1.29, 1.82) is 0 Å². The predicted octanol–water partition coefficient (Wildman–Crippen LogP) is 4.42. The molecule has 0 spiro atoms. The van der Waals surface area contributed by atoms with Gasteiger partial charge in [0.2, 0.25) is 5.91 Å². The van der Waals surface area contributed by atoms with Gasteiger partial charge in [0, 0.05) is 18.2 Å². The third-order valence-corrected chi connectivity index (χ3v) is 3.96. The molecule has 1 N–H and O–H groups in total. The second-order valence-electron chi connectivity index (χ2n) is 5.85. The summed E-state index contributed by atoms with van der Waals surface area (Å²) < 4.78 is 5.57. The van der Waals surface area contributed by atoms with Crippen LogP contribution in [0.25, 0.3) is 0 Å². The molecular formula is C20H23NO3. The molecule has 126 valence electrons. The van der Waals surface area contributed by atoms with Crippen molar-refractivity contribution in [2.75, 3.05) is 11.9 Å². The molecule has 0 fully saturated rings. The van der Waals surface area contributed by atoms with Crippen LogP contribution in [-0.4, -0.2) is 18.3 Å². The van der Waals surface area contributed by atoms with Gasteiger partial charge in [0.15, 0.2) is 12.4 Å². The maximum atomic E-state index is 12.2. The van der Waals surface area contributed by atoms with E-state index in [1.54, 1.807) is 24.3 Å². The Morgan fingerprint density at radius 3 is 2.21 bits per heavy atom. The lowest BCUT2D eigenvalue weighted by Gasteiger charge is -2.10. The Morgan fingerprint density at radius 1 is 1.04 bits per heavy atom. The lowest BCUT2D eigenvalue weighted by Crippen LogP contribution is -2.12. The summed E-state index contributed by atoms with van der Waals surface area (Å²) in [4.78, 5) is 23.1. The normalized spacial score (nSPS) is 11.6. The van der Waals surface area contributed by atoms with Gasteiger partial charge in [-0.1, -0.05) is 26.0 Å². The molecule has 0 heterocycles. The molecule has 2 aromatic carbocycles. The van der Waals surface area contributed by atoms with Gasteiger partial charge in [0.25, 0.3) is 0 Å². The van der Waals surface area contributed by atoms with E-state index >= 15 is 0 Å². The summed E-state index contributed by atoms with van der Waals surface area (Å²) >= 11 is 0.